The molecule has 0 aliphatic rings. The first-order valence-electron chi connectivity index (χ1n) is 5.82. The summed E-state index contributed by atoms with van der Waals surface area (Å²) in [4.78, 5) is 13.6. The number of nitrogens with zero attached hydrogens (tertiary/aromatic N) is 1. The molecule has 0 spiro atoms. The second-order valence-corrected chi connectivity index (χ2v) is 5.48. The quantitative estimate of drug-likeness (QED) is 0.864. The van der Waals surface area contributed by atoms with Gasteiger partial charge >= 0.3 is 0 Å². The Morgan fingerprint density at radius 3 is 2.68 bits per heavy atom. The Morgan fingerprint density at radius 2 is 2.16 bits per heavy atom. The Labute approximate surface area is 117 Å². The Balaban J connectivity index is 2.65. The molecule has 0 bridgehead atoms. The highest BCUT2D eigenvalue weighted by Gasteiger charge is 2.23. The van der Waals surface area contributed by atoms with Crippen LogP contribution in [0.3, 0.4) is 0 Å². The molecule has 1 aromatic carbocycles. The van der Waals surface area contributed by atoms with Crippen molar-refractivity contribution < 1.29 is 14.3 Å². The minimum absolute atomic E-state index is 0.0338. The van der Waals surface area contributed by atoms with Crippen molar-refractivity contribution in [2.75, 3.05) is 27.2 Å². The summed E-state index contributed by atoms with van der Waals surface area (Å²) in [5.74, 6) is -1.26. The lowest BCUT2D eigenvalue weighted by Gasteiger charge is -2.27. The van der Waals surface area contributed by atoms with Gasteiger partial charge in [0.1, 0.15) is 5.82 Å². The normalized spacial score (nSPS) is 14.3. The number of benzene rings is 1. The summed E-state index contributed by atoms with van der Waals surface area (Å²) in [6.07, 6.45) is 0. The van der Waals surface area contributed by atoms with Crippen molar-refractivity contribution in [1.82, 2.24) is 10.2 Å². The number of rotatable bonds is 5. The molecule has 106 valence electrons. The highest BCUT2D eigenvalue weighted by molar-refractivity contribution is 6.30. The number of carbonyl (C=O) groups excluding carboxylic acids is 1. The van der Waals surface area contributed by atoms with Crippen molar-refractivity contribution in [3.05, 3.63) is 34.6 Å². The molecule has 4 nitrogen and oxygen atoms in total. The molecule has 0 aliphatic heterocycles. The zero-order chi connectivity index (χ0) is 14.6. The fourth-order valence-corrected chi connectivity index (χ4v) is 1.94. The molecule has 0 saturated heterocycles. The van der Waals surface area contributed by atoms with E-state index < -0.39 is 17.3 Å². The maximum Gasteiger partial charge on any atom is 0.254 e. The van der Waals surface area contributed by atoms with E-state index >= 15 is 0 Å². The lowest BCUT2D eigenvalue weighted by atomic mass is 10.1. The van der Waals surface area contributed by atoms with Crippen LogP contribution in [0.5, 0.6) is 0 Å². The van der Waals surface area contributed by atoms with Crippen molar-refractivity contribution in [2.45, 2.75) is 12.5 Å². The van der Waals surface area contributed by atoms with E-state index in [4.69, 9.17) is 11.6 Å². The van der Waals surface area contributed by atoms with Crippen LogP contribution in [-0.2, 0) is 0 Å². The molecule has 0 saturated carbocycles. The van der Waals surface area contributed by atoms with Crippen LogP contribution in [0.4, 0.5) is 4.39 Å². The lowest BCUT2D eigenvalue weighted by molar-refractivity contribution is 0.0325. The topological polar surface area (TPSA) is 52.6 Å². The highest BCUT2D eigenvalue weighted by Crippen LogP contribution is 2.14. The number of likely N-dealkylation sites (N-methyl/N-ethyl adjacent to an activating group) is 1. The summed E-state index contributed by atoms with van der Waals surface area (Å²) in [7, 11) is 3.63. The zero-order valence-corrected chi connectivity index (χ0v) is 12.0. The number of aliphatic hydroxyl groups is 1. The Hall–Kier alpha value is -1.17. The number of hydrogen-bond donors (Lipinski definition) is 2. The standard InChI is InChI=1S/C13H18ClFN2O2/c1-13(19,8-17(2)3)7-16-12(18)10-5-4-9(14)6-11(10)15/h4-6,19H,7-8H2,1-3H3,(H,16,18). The van der Waals surface area contributed by atoms with E-state index in [9.17, 15) is 14.3 Å². The summed E-state index contributed by atoms with van der Waals surface area (Å²) in [5.41, 5.74) is -1.17. The minimum Gasteiger partial charge on any atom is -0.387 e. The van der Waals surface area contributed by atoms with E-state index in [0.29, 0.717) is 6.54 Å². The monoisotopic (exact) mass is 288 g/mol. The van der Waals surface area contributed by atoms with Crippen LogP contribution in [0.25, 0.3) is 0 Å². The second-order valence-electron chi connectivity index (χ2n) is 5.04. The van der Waals surface area contributed by atoms with Gasteiger partial charge in [0, 0.05) is 18.1 Å². The van der Waals surface area contributed by atoms with Gasteiger partial charge in [-0.05, 0) is 39.2 Å². The van der Waals surface area contributed by atoms with Gasteiger partial charge in [-0.3, -0.25) is 4.79 Å². The van der Waals surface area contributed by atoms with Gasteiger partial charge in [0.15, 0.2) is 0 Å². The first-order valence-corrected chi connectivity index (χ1v) is 6.19. The molecule has 0 heterocycles. The Bertz CT molecular complexity index is 464. The van der Waals surface area contributed by atoms with Crippen molar-refractivity contribution in [1.29, 1.82) is 0 Å². The van der Waals surface area contributed by atoms with E-state index in [-0.39, 0.29) is 17.1 Å². The molecular formula is C13H18ClFN2O2. The van der Waals surface area contributed by atoms with Gasteiger partial charge < -0.3 is 15.3 Å². The third-order valence-electron chi connectivity index (χ3n) is 2.46. The molecule has 1 amide bonds. The summed E-state index contributed by atoms with van der Waals surface area (Å²) in [6.45, 7) is 2.02. The van der Waals surface area contributed by atoms with E-state index in [0.717, 1.165) is 6.07 Å². The van der Waals surface area contributed by atoms with E-state index in [1.54, 1.807) is 11.8 Å². The molecule has 0 aliphatic carbocycles. The smallest absolute Gasteiger partial charge is 0.254 e. The lowest BCUT2D eigenvalue weighted by Crippen LogP contribution is -2.47. The Morgan fingerprint density at radius 1 is 1.53 bits per heavy atom. The predicted molar refractivity (Wildman–Crippen MR) is 72.9 cm³/mol. The predicted octanol–water partition coefficient (Wildman–Crippen LogP) is 1.52. The molecule has 0 fully saturated rings. The first kappa shape index (κ1) is 15.9. The average Bonchev–Trinajstić information content (AvgIpc) is 2.24. The van der Waals surface area contributed by atoms with Gasteiger partial charge in [-0.1, -0.05) is 11.6 Å². The van der Waals surface area contributed by atoms with Crippen LogP contribution in [-0.4, -0.2) is 48.7 Å². The van der Waals surface area contributed by atoms with Gasteiger partial charge in [-0.15, -0.1) is 0 Å². The molecule has 1 aromatic rings. The number of hydrogen-bond acceptors (Lipinski definition) is 3. The molecule has 1 atom stereocenters. The minimum atomic E-state index is -1.08. The van der Waals surface area contributed by atoms with E-state index in [1.165, 1.54) is 12.1 Å². The molecule has 2 N–H and O–H groups in total. The van der Waals surface area contributed by atoms with E-state index in [2.05, 4.69) is 5.32 Å². The van der Waals surface area contributed by atoms with Crippen molar-refractivity contribution in [3.63, 3.8) is 0 Å². The molecule has 19 heavy (non-hydrogen) atoms. The fourth-order valence-electron chi connectivity index (χ4n) is 1.78. The molecule has 0 radical (unpaired) electrons. The van der Waals surface area contributed by atoms with Crippen molar-refractivity contribution in [3.8, 4) is 0 Å². The largest absolute Gasteiger partial charge is 0.387 e. The highest BCUT2D eigenvalue weighted by atomic mass is 35.5. The molecular weight excluding hydrogens is 271 g/mol. The Kier molecular flexibility index (Phi) is 5.29. The van der Waals surface area contributed by atoms with Gasteiger partial charge in [0.05, 0.1) is 11.2 Å². The van der Waals surface area contributed by atoms with Crippen LogP contribution in [0, 0.1) is 5.82 Å². The number of nitrogens with one attached hydrogen (secondary N) is 1. The average molecular weight is 289 g/mol. The number of halogens is 2. The number of amides is 1. The molecule has 0 aromatic heterocycles. The third-order valence-corrected chi connectivity index (χ3v) is 2.70. The van der Waals surface area contributed by atoms with Crippen LogP contribution in [0.2, 0.25) is 5.02 Å². The fraction of sp³-hybridized carbons (Fsp3) is 0.462. The van der Waals surface area contributed by atoms with Crippen molar-refractivity contribution >= 4 is 17.5 Å². The van der Waals surface area contributed by atoms with Gasteiger partial charge in [-0.25, -0.2) is 4.39 Å². The number of carbonyl (C=O) groups is 1. The maximum atomic E-state index is 13.5. The maximum absolute atomic E-state index is 13.5. The molecule has 1 rings (SSSR count). The van der Waals surface area contributed by atoms with E-state index in [1.807, 2.05) is 14.1 Å². The molecule has 6 heteroatoms. The SMILES string of the molecule is CN(C)CC(C)(O)CNC(=O)c1ccc(Cl)cc1F. The van der Waals surface area contributed by atoms with Crippen LogP contribution in [0.1, 0.15) is 17.3 Å². The van der Waals surface area contributed by atoms with Crippen LogP contribution in [0.15, 0.2) is 18.2 Å². The van der Waals surface area contributed by atoms with Crippen LogP contribution >= 0.6 is 11.6 Å². The summed E-state index contributed by atoms with van der Waals surface area (Å²) in [6, 6.07) is 3.83. The van der Waals surface area contributed by atoms with Gasteiger partial charge in [0.25, 0.3) is 5.91 Å². The van der Waals surface area contributed by atoms with Crippen molar-refractivity contribution in [2.24, 2.45) is 0 Å². The van der Waals surface area contributed by atoms with Gasteiger partial charge in [0.2, 0.25) is 0 Å². The second kappa shape index (κ2) is 6.32. The molecule has 1 unspecified atom stereocenters. The zero-order valence-electron chi connectivity index (χ0n) is 11.2. The summed E-state index contributed by atoms with van der Waals surface area (Å²) < 4.78 is 13.5. The summed E-state index contributed by atoms with van der Waals surface area (Å²) >= 11 is 5.61. The first-order chi connectivity index (χ1) is 8.71. The third kappa shape index (κ3) is 5.14. The van der Waals surface area contributed by atoms with Gasteiger partial charge in [-0.2, -0.15) is 0 Å². The summed E-state index contributed by atoms with van der Waals surface area (Å²) in [5, 5.41) is 12.8. The van der Waals surface area contributed by atoms with Crippen LogP contribution < -0.4 is 5.32 Å².